The molecule has 0 aliphatic rings. The first-order valence-corrected chi connectivity index (χ1v) is 6.99. The van der Waals surface area contributed by atoms with Crippen LogP contribution in [0.3, 0.4) is 0 Å². The summed E-state index contributed by atoms with van der Waals surface area (Å²) in [6, 6.07) is 5.79. The first-order chi connectivity index (χ1) is 11.3. The smallest absolute Gasteiger partial charge is 0.387 e. The second-order valence-electron chi connectivity index (χ2n) is 5.08. The van der Waals surface area contributed by atoms with Crippen molar-refractivity contribution in [1.82, 2.24) is 4.98 Å². The number of carboxylic acid groups (broad SMARTS) is 1. The van der Waals surface area contributed by atoms with Crippen molar-refractivity contribution in [2.24, 2.45) is 0 Å². The van der Waals surface area contributed by atoms with E-state index in [1.807, 2.05) is 0 Å². The number of ether oxygens (including phenoxy) is 1. The van der Waals surface area contributed by atoms with E-state index in [9.17, 15) is 18.4 Å². The van der Waals surface area contributed by atoms with Crippen LogP contribution in [0.2, 0.25) is 0 Å². The molecule has 1 aromatic carbocycles. The maximum Gasteiger partial charge on any atom is 0.387 e. The highest BCUT2D eigenvalue weighted by Gasteiger charge is 2.19. The van der Waals surface area contributed by atoms with Crippen molar-refractivity contribution < 1.29 is 28.2 Å². The Kier molecular flexibility index (Phi) is 5.13. The van der Waals surface area contributed by atoms with Gasteiger partial charge in [-0.1, -0.05) is 18.2 Å². The molecule has 0 aliphatic carbocycles. The second-order valence-corrected chi connectivity index (χ2v) is 5.08. The van der Waals surface area contributed by atoms with Crippen LogP contribution in [0.5, 0.6) is 5.75 Å². The number of aromatic carboxylic acids is 1. The molecular formula is C17H15F2NO4. The zero-order valence-electron chi connectivity index (χ0n) is 13.0. The molecule has 2 N–H and O–H groups in total. The topological polar surface area (TPSA) is 79.4 Å². The van der Waals surface area contributed by atoms with E-state index in [4.69, 9.17) is 5.11 Å². The summed E-state index contributed by atoms with van der Waals surface area (Å²) in [5, 5.41) is 9.06. The molecule has 0 amide bonds. The molecule has 0 saturated heterocycles. The Balaban J connectivity index is 2.18. The van der Waals surface area contributed by atoms with E-state index >= 15 is 0 Å². The fourth-order valence-electron chi connectivity index (χ4n) is 2.35. The highest BCUT2D eigenvalue weighted by Crippen LogP contribution is 2.20. The number of benzene rings is 1. The van der Waals surface area contributed by atoms with E-state index in [0.717, 1.165) is 0 Å². The number of ketones is 1. The van der Waals surface area contributed by atoms with Crippen LogP contribution in [-0.2, 0) is 0 Å². The number of halogens is 2. The van der Waals surface area contributed by atoms with Crippen molar-refractivity contribution in [3.05, 3.63) is 58.4 Å². The van der Waals surface area contributed by atoms with Gasteiger partial charge in [0, 0.05) is 11.3 Å². The van der Waals surface area contributed by atoms with E-state index in [2.05, 4.69) is 9.72 Å². The maximum atomic E-state index is 12.3. The minimum absolute atomic E-state index is 0.0160. The van der Waals surface area contributed by atoms with Crippen LogP contribution >= 0.6 is 0 Å². The van der Waals surface area contributed by atoms with Crippen LogP contribution in [0.4, 0.5) is 8.78 Å². The number of rotatable bonds is 6. The molecule has 0 bridgehead atoms. The van der Waals surface area contributed by atoms with E-state index in [-0.39, 0.29) is 17.2 Å². The fraction of sp³-hybridized carbons (Fsp3) is 0.176. The predicted octanol–water partition coefficient (Wildman–Crippen LogP) is 3.83. The number of aromatic nitrogens is 1. The number of nitrogens with one attached hydrogen (secondary N) is 1. The molecule has 0 spiro atoms. The average Bonchev–Trinajstić information content (AvgIpc) is 2.81. The molecule has 2 rings (SSSR count). The minimum atomic E-state index is -2.89. The standard InChI is InChI=1S/C17H15F2NO4/c1-9-14(10(2)20-15(9)16(22)23)13(21)8-5-11-3-6-12(7-4-11)24-17(18)19/h3-8,17,20H,1-2H3,(H,22,23)/b8-5+. The van der Waals surface area contributed by atoms with Crippen molar-refractivity contribution in [2.45, 2.75) is 20.5 Å². The molecule has 0 fully saturated rings. The number of aryl methyl sites for hydroxylation is 1. The third kappa shape index (κ3) is 3.87. The van der Waals surface area contributed by atoms with Gasteiger partial charge in [-0.3, -0.25) is 4.79 Å². The molecule has 1 heterocycles. The monoisotopic (exact) mass is 335 g/mol. The number of hydrogen-bond donors (Lipinski definition) is 2. The summed E-state index contributed by atoms with van der Waals surface area (Å²) >= 11 is 0. The number of carboxylic acids is 1. The summed E-state index contributed by atoms with van der Waals surface area (Å²) in [4.78, 5) is 26.0. The quantitative estimate of drug-likeness (QED) is 0.621. The Morgan fingerprint density at radius 3 is 2.33 bits per heavy atom. The first kappa shape index (κ1) is 17.4. The number of H-pyrrole nitrogens is 1. The highest BCUT2D eigenvalue weighted by atomic mass is 19.3. The summed E-state index contributed by atoms with van der Waals surface area (Å²) in [6.07, 6.45) is 2.82. The van der Waals surface area contributed by atoms with E-state index in [1.54, 1.807) is 13.8 Å². The number of carbonyl (C=O) groups is 2. The minimum Gasteiger partial charge on any atom is -0.477 e. The Hall–Kier alpha value is -2.96. The largest absolute Gasteiger partial charge is 0.477 e. The van der Waals surface area contributed by atoms with Crippen LogP contribution in [-0.4, -0.2) is 28.5 Å². The molecule has 0 radical (unpaired) electrons. The molecule has 0 unspecified atom stereocenters. The average molecular weight is 335 g/mol. The highest BCUT2D eigenvalue weighted by molar-refractivity contribution is 6.10. The molecule has 1 aromatic heterocycles. The fourth-order valence-corrected chi connectivity index (χ4v) is 2.35. The van der Waals surface area contributed by atoms with E-state index < -0.39 is 12.6 Å². The molecule has 2 aromatic rings. The molecule has 7 heteroatoms. The van der Waals surface area contributed by atoms with Gasteiger partial charge in [0.25, 0.3) is 0 Å². The predicted molar refractivity (Wildman–Crippen MR) is 83.7 cm³/mol. The zero-order chi connectivity index (χ0) is 17.9. The molecule has 24 heavy (non-hydrogen) atoms. The third-order valence-electron chi connectivity index (χ3n) is 3.43. The molecular weight excluding hydrogens is 320 g/mol. The van der Waals surface area contributed by atoms with Gasteiger partial charge in [0.2, 0.25) is 0 Å². The van der Waals surface area contributed by atoms with Gasteiger partial charge in [0.1, 0.15) is 11.4 Å². The van der Waals surface area contributed by atoms with E-state index in [0.29, 0.717) is 22.4 Å². The number of aromatic amines is 1. The Bertz CT molecular complexity index is 792. The third-order valence-corrected chi connectivity index (χ3v) is 3.43. The Labute approximate surface area is 136 Å². The number of allylic oxidation sites excluding steroid dienone is 1. The lowest BCUT2D eigenvalue weighted by Crippen LogP contribution is -2.01. The summed E-state index contributed by atoms with van der Waals surface area (Å²) in [6.45, 7) is 0.289. The molecule has 0 saturated carbocycles. The van der Waals surface area contributed by atoms with Gasteiger partial charge in [-0.05, 0) is 43.2 Å². The van der Waals surface area contributed by atoms with Crippen molar-refractivity contribution >= 4 is 17.8 Å². The summed E-state index contributed by atoms with van der Waals surface area (Å²) in [5.74, 6) is -1.45. The van der Waals surface area contributed by atoms with Gasteiger partial charge < -0.3 is 14.8 Å². The molecule has 126 valence electrons. The Morgan fingerprint density at radius 2 is 1.83 bits per heavy atom. The van der Waals surface area contributed by atoms with Gasteiger partial charge in [-0.25, -0.2) is 4.79 Å². The first-order valence-electron chi connectivity index (χ1n) is 6.99. The van der Waals surface area contributed by atoms with Crippen molar-refractivity contribution in [3.8, 4) is 5.75 Å². The lowest BCUT2D eigenvalue weighted by molar-refractivity contribution is -0.0498. The summed E-state index contributed by atoms with van der Waals surface area (Å²) in [5.41, 5.74) is 1.75. The lowest BCUT2D eigenvalue weighted by atomic mass is 10.0. The summed E-state index contributed by atoms with van der Waals surface area (Å²) in [7, 11) is 0. The van der Waals surface area contributed by atoms with Gasteiger partial charge in [-0.2, -0.15) is 8.78 Å². The zero-order valence-corrected chi connectivity index (χ0v) is 13.0. The summed E-state index contributed by atoms with van der Waals surface area (Å²) < 4.78 is 28.4. The molecule has 5 nitrogen and oxygen atoms in total. The van der Waals surface area contributed by atoms with Gasteiger partial charge in [0.15, 0.2) is 5.78 Å². The number of carbonyl (C=O) groups excluding carboxylic acids is 1. The number of hydrogen-bond acceptors (Lipinski definition) is 3. The van der Waals surface area contributed by atoms with Gasteiger partial charge in [0.05, 0.1) is 0 Å². The normalized spacial score (nSPS) is 11.2. The molecule has 0 aliphatic heterocycles. The van der Waals surface area contributed by atoms with Crippen LogP contribution in [0.15, 0.2) is 30.3 Å². The second kappa shape index (κ2) is 7.08. The van der Waals surface area contributed by atoms with Crippen molar-refractivity contribution in [1.29, 1.82) is 0 Å². The lowest BCUT2D eigenvalue weighted by Gasteiger charge is -2.03. The van der Waals surface area contributed by atoms with Gasteiger partial charge >= 0.3 is 12.6 Å². The number of alkyl halides is 2. The molecule has 0 atom stereocenters. The van der Waals surface area contributed by atoms with Crippen LogP contribution in [0.25, 0.3) is 6.08 Å². The van der Waals surface area contributed by atoms with E-state index in [1.165, 1.54) is 36.4 Å². The van der Waals surface area contributed by atoms with Crippen LogP contribution < -0.4 is 4.74 Å². The Morgan fingerprint density at radius 1 is 1.21 bits per heavy atom. The maximum absolute atomic E-state index is 12.3. The van der Waals surface area contributed by atoms with Crippen molar-refractivity contribution in [3.63, 3.8) is 0 Å². The SMILES string of the molecule is Cc1[nH]c(C(=O)O)c(C)c1C(=O)/C=C/c1ccc(OC(F)F)cc1. The van der Waals surface area contributed by atoms with Crippen LogP contribution in [0.1, 0.15) is 37.7 Å². The van der Waals surface area contributed by atoms with Crippen LogP contribution in [0, 0.1) is 13.8 Å². The van der Waals surface area contributed by atoms with Crippen molar-refractivity contribution in [2.75, 3.05) is 0 Å². The van der Waals surface area contributed by atoms with Gasteiger partial charge in [-0.15, -0.1) is 0 Å².